The first kappa shape index (κ1) is 126. The van der Waals surface area contributed by atoms with Gasteiger partial charge in [0.2, 0.25) is 0 Å². The van der Waals surface area contributed by atoms with Gasteiger partial charge in [-0.1, -0.05) is 217 Å². The minimum atomic E-state index is -4.06. The molecule has 39 heteroatoms. The average Bonchev–Trinajstić information content (AvgIpc) is 0.893. The maximum absolute atomic E-state index is 13.6. The number of aromatic hydroxyl groups is 8. The van der Waals surface area contributed by atoms with Crippen LogP contribution in [-0.4, -0.2) is 172 Å². The van der Waals surface area contributed by atoms with E-state index in [1.807, 2.05) is 192 Å². The van der Waals surface area contributed by atoms with Crippen LogP contribution >= 0.6 is 47.3 Å². The number of fused-ring (bicyclic) bond motifs is 5. The van der Waals surface area contributed by atoms with Crippen LogP contribution in [0.25, 0.3) is 87.6 Å². The van der Waals surface area contributed by atoms with Crippen LogP contribution in [0.3, 0.4) is 0 Å². The molecule has 0 saturated heterocycles. The van der Waals surface area contributed by atoms with Crippen LogP contribution < -0.4 is 76.5 Å². The molecule has 0 saturated carbocycles. The Morgan fingerprint density at radius 3 is 1.28 bits per heavy atom. The number of phenolic OH excluding ortho intramolecular Hbond substituents is 6. The number of halogens is 3. The van der Waals surface area contributed by atoms with Crippen LogP contribution in [0.15, 0.2) is 263 Å². The molecule has 790 valence electrons. The van der Waals surface area contributed by atoms with E-state index in [0.717, 1.165) is 109 Å². The van der Waals surface area contributed by atoms with E-state index in [1.54, 1.807) is 81.8 Å². The number of ketones is 1. The smallest absolute Gasteiger partial charge is 0.857 e. The fraction of sp³-hybridized carbons (Fsp3) is 0.216. The van der Waals surface area contributed by atoms with E-state index in [0.29, 0.717) is 116 Å². The SMILES string of the molecule is BrB(Br)Br.CCc1cc(-c2[nH][nH]c(=O)c2-c2cccc3ccccc23)c(O)cc1O.CCc1cc(C(=O)C(C(=O)OC)c2cccc3ccccc23)c(OC)cc1OC.CCc1cc(C(=O)O)c(O)cc1O.CCc1cc(C(=O)OC)c(OC)cc1OC.CCc1cc2c(O)c(-c3cccc4ccccc34)c(=O)oc2cc1O.CCc1ccc(O)cc1O.COC(=O)Cc1cccc2ccccc12.CS(C)(=O)(O)OO.C[O-].NN.[Na+]. The van der Waals surface area contributed by atoms with Gasteiger partial charge in [0.25, 0.3) is 5.56 Å². The second kappa shape index (κ2) is 61.1. The number of nitrogens with two attached hydrogens (primary N) is 2. The third kappa shape index (κ3) is 34.5. The number of carboxylic acids is 1. The molecule has 0 fully saturated rings. The van der Waals surface area contributed by atoms with Gasteiger partial charge in [-0.2, -0.15) is 7.11 Å². The summed E-state index contributed by atoms with van der Waals surface area (Å²) in [5.41, 5.74) is 8.98. The minimum absolute atomic E-state index is 0. The Bertz CT molecular complexity index is 7470. The van der Waals surface area contributed by atoms with E-state index in [2.05, 4.69) is 78.2 Å². The number of rotatable bonds is 22. The van der Waals surface area contributed by atoms with Crippen molar-refractivity contribution in [2.24, 2.45) is 11.7 Å². The summed E-state index contributed by atoms with van der Waals surface area (Å²) in [6, 6.07) is 73.9. The van der Waals surface area contributed by atoms with E-state index in [-0.39, 0.29) is 107 Å². The maximum Gasteiger partial charge on any atom is 1.00 e. The van der Waals surface area contributed by atoms with Crippen LogP contribution in [-0.2, 0) is 82.7 Å². The molecule has 1 atom stereocenters. The number of carboxylic acid groups (broad SMARTS) is 1. The number of carbonyl (C=O) groups is 5. The summed E-state index contributed by atoms with van der Waals surface area (Å²) in [6.07, 6.45) is 6.09. The monoisotopic (exact) mass is 2280 g/mol. The number of ether oxygens (including phenoxy) is 7. The Morgan fingerprint density at radius 1 is 0.420 bits per heavy atom. The molecule has 33 nitrogen and oxygen atoms in total. The van der Waals surface area contributed by atoms with Gasteiger partial charge in [-0.15, -0.1) is 51.6 Å². The first-order valence-corrected chi connectivity index (χ1v) is 51.2. The van der Waals surface area contributed by atoms with Gasteiger partial charge < -0.3 is 93.2 Å². The van der Waals surface area contributed by atoms with Crippen molar-refractivity contribution < 1.29 is 161 Å². The molecule has 0 radical (unpaired) electrons. The number of hydrazine groups is 1. The van der Waals surface area contributed by atoms with Gasteiger partial charge in [0, 0.05) is 60.0 Å². The normalized spacial score (nSPS) is 10.7. The maximum atomic E-state index is 13.6. The van der Waals surface area contributed by atoms with Gasteiger partial charge in [0.1, 0.15) is 107 Å². The van der Waals surface area contributed by atoms with E-state index >= 15 is 0 Å². The Balaban J connectivity index is 0.000000307. The number of benzene rings is 14. The summed E-state index contributed by atoms with van der Waals surface area (Å²) in [5.74, 6) is 5.94. The molecular weight excluding hydrogens is 2160 g/mol. The number of methoxy groups -OCH3 is 7. The fourth-order valence-corrected chi connectivity index (χ4v) is 15.3. The third-order valence-electron chi connectivity index (χ3n) is 22.6. The van der Waals surface area contributed by atoms with Crippen LogP contribution in [0, 0.1) is 0 Å². The topological polar surface area (TPSA) is 553 Å². The van der Waals surface area contributed by atoms with E-state index in [9.17, 15) is 63.3 Å². The van der Waals surface area contributed by atoms with Crippen LogP contribution in [0.2, 0.25) is 0 Å². The number of Topliss-reactive ketones (excluding diaryl/α,β-unsaturated/α-hetero) is 1. The molecule has 17 N–H and O–H groups in total. The fourth-order valence-electron chi connectivity index (χ4n) is 15.3. The summed E-state index contributed by atoms with van der Waals surface area (Å²) < 4.78 is 63.1. The second-order valence-corrected chi connectivity index (χ2v) is 42.1. The minimum Gasteiger partial charge on any atom is -0.857 e. The number of esters is 3. The zero-order chi connectivity index (χ0) is 111. The summed E-state index contributed by atoms with van der Waals surface area (Å²) >= 11 is 9.31. The molecular formula is C111H121BBr3N4NaO29S. The third-order valence-corrected chi connectivity index (χ3v) is 23.0. The van der Waals surface area contributed by atoms with Crippen molar-refractivity contribution in [3.63, 3.8) is 0 Å². The number of hydrogen-bond acceptors (Lipinski definition) is 29. The van der Waals surface area contributed by atoms with Gasteiger partial charge in [0.15, 0.2) is 5.78 Å². The number of aromatic nitrogens is 2. The first-order chi connectivity index (χ1) is 71.1. The van der Waals surface area contributed by atoms with Crippen LogP contribution in [0.1, 0.15) is 123 Å². The Hall–Kier alpha value is -14.1. The van der Waals surface area contributed by atoms with E-state index in [1.165, 1.54) is 59.8 Å². The largest absolute Gasteiger partial charge is 1.00 e. The molecule has 0 bridgehead atoms. The van der Waals surface area contributed by atoms with Gasteiger partial charge in [-0.25, -0.2) is 23.8 Å². The van der Waals surface area contributed by atoms with Gasteiger partial charge in [-0.3, -0.25) is 41.1 Å². The van der Waals surface area contributed by atoms with Crippen molar-refractivity contribution in [1.82, 2.24) is 10.2 Å². The number of H-pyrrole nitrogens is 2. The number of hydrogen-bond donors (Lipinski definition) is 15. The second-order valence-electron chi connectivity index (χ2n) is 32.2. The predicted molar refractivity (Wildman–Crippen MR) is 591 cm³/mol. The summed E-state index contributed by atoms with van der Waals surface area (Å²) in [7, 11) is 6.89. The van der Waals surface area contributed by atoms with Crippen LogP contribution in [0.4, 0.5) is 0 Å². The number of aromatic carboxylic acids is 1. The van der Waals surface area contributed by atoms with E-state index < -0.39 is 44.8 Å². The average molecular weight is 2280 g/mol. The van der Waals surface area contributed by atoms with Crippen molar-refractivity contribution in [2.45, 2.75) is 92.4 Å². The Morgan fingerprint density at radius 2 is 0.820 bits per heavy atom. The quantitative estimate of drug-likeness (QED) is 0.00345. The van der Waals surface area contributed by atoms with Crippen LogP contribution in [0.5, 0.6) is 69.0 Å². The molecule has 2 heterocycles. The zero-order valence-electron chi connectivity index (χ0n) is 85.7. The van der Waals surface area contributed by atoms with E-state index in [4.69, 9.17) is 68.2 Å². The number of aromatic amines is 2. The van der Waals surface area contributed by atoms with Crippen molar-refractivity contribution in [3.05, 3.63) is 331 Å². The predicted octanol–water partition coefficient (Wildman–Crippen LogP) is 17.8. The molecule has 0 aliphatic heterocycles. The molecule has 14 aromatic carbocycles. The Kier molecular flexibility index (Phi) is 51.5. The molecule has 0 aliphatic carbocycles. The van der Waals surface area contributed by atoms with Crippen molar-refractivity contribution in [1.29, 1.82) is 0 Å². The zero-order valence-corrected chi connectivity index (χ0v) is 93.3. The molecule has 1 unspecified atom stereocenters. The number of nitrogens with one attached hydrogen (secondary N) is 2. The van der Waals surface area contributed by atoms with Gasteiger partial charge in [-0.05, 0) is 168 Å². The molecule has 0 amide bonds. The molecule has 16 rings (SSSR count). The number of phenols is 7. The molecule has 16 aromatic rings. The standard InChI is InChI=1S/C24H24O5.C21H18N2O3.C21H16O4.C13H12O2.C12H16O4.C9H10O4.C8H10O2.C2H8O4S.CH3O.BBr3.H4N2.Na/c1-5-15-13-19(21(28-3)14-20(15)27-2)23(25)22(24(26)29-4)18-12-8-10-16-9-6-7-11-17(16)18;1-2-12-10-16(18(25)11-17(12)24)20-19(21(26)23-22-20)15-9-5-7-13-6-3-4-8-14(13)15;1-2-12-10-16-18(11-17(12)22)25-21(24)19(20(16)23)15-9-5-7-13-6-3-4-8-14(13)15;1-15-13(14)9-11-7-4-6-10-5-2-3-8-12(10)11;1-5-8-6-9(12(13)16-4)11(15-3)7-10(8)14-2;1-2-5-3-6(9(12)13)8(11)4-7(5)10;1-2-6-3-4-7(9)5-8(6)10;1-7(2,4,5)6-3;1-2;2-1(3)4;1-2;/h6-14,22H,5H2,1-4H3;3-11,24-25H,2H2,1H3,(H2,22,23,26);3-11,22-23H,2H2,1H3;2-8H,9H2,1H3;6-7H,5H2,1-4H3;3-4,10-11H,2H2,1H3,(H,12,13);3-5,9-10H,2H2,1H3;3H,1-2H3,(H,4,5);1H3;;1-2H2;/q;;;;;;;;-1;;;+1. The summed E-state index contributed by atoms with van der Waals surface area (Å²) in [5, 5.41) is 116. The molecule has 0 spiro atoms. The number of carbonyl (C=O) groups excluding carboxylic acids is 4. The molecule has 2 aromatic heterocycles. The van der Waals surface area contributed by atoms with Crippen molar-refractivity contribution >= 4 is 144 Å². The number of aryl methyl sites for hydroxylation is 6. The Labute approximate surface area is 913 Å². The van der Waals surface area contributed by atoms with Gasteiger partial charge in [0.05, 0.1) is 78.4 Å². The van der Waals surface area contributed by atoms with Crippen molar-refractivity contribution in [2.75, 3.05) is 69.4 Å². The summed E-state index contributed by atoms with van der Waals surface area (Å²) in [6.45, 7) is 11.5. The van der Waals surface area contributed by atoms with Gasteiger partial charge >= 0.3 is 62.2 Å². The molecule has 150 heavy (non-hydrogen) atoms. The summed E-state index contributed by atoms with van der Waals surface area (Å²) in [4.78, 5) is 84.8. The molecule has 0 aliphatic rings. The first-order valence-electron chi connectivity index (χ1n) is 45.8. The van der Waals surface area contributed by atoms with Crippen molar-refractivity contribution in [3.8, 4) is 103 Å².